The Hall–Kier alpha value is -1.38. The Balaban J connectivity index is 2.03. The van der Waals surface area contributed by atoms with E-state index in [-0.39, 0.29) is 0 Å². The van der Waals surface area contributed by atoms with Crippen LogP contribution in [0.15, 0.2) is 42.0 Å². The van der Waals surface area contributed by atoms with Gasteiger partial charge in [-0.25, -0.2) is 0 Å². The molecule has 1 aliphatic carbocycles. The van der Waals surface area contributed by atoms with Gasteiger partial charge in [-0.05, 0) is 42.2 Å². The lowest BCUT2D eigenvalue weighted by Gasteiger charge is -2.37. The van der Waals surface area contributed by atoms with E-state index in [1.54, 1.807) is 0 Å². The highest BCUT2D eigenvalue weighted by atomic mass is 15.3. The molecule has 2 nitrogen and oxygen atoms in total. The lowest BCUT2D eigenvalue weighted by atomic mass is 10.0. The second-order valence-electron chi connectivity index (χ2n) is 6.42. The smallest absolute Gasteiger partial charge is 0.0611 e. The van der Waals surface area contributed by atoms with Crippen LogP contribution in [-0.4, -0.2) is 43.0 Å². The highest BCUT2D eigenvalue weighted by Crippen LogP contribution is 2.47. The van der Waals surface area contributed by atoms with Gasteiger partial charge in [0, 0.05) is 26.2 Å². The number of rotatable bonds is 3. The van der Waals surface area contributed by atoms with E-state index in [4.69, 9.17) is 0 Å². The van der Waals surface area contributed by atoms with E-state index in [0.717, 1.165) is 25.9 Å². The number of hydrogen-bond acceptors (Lipinski definition) is 2. The molecule has 1 aromatic rings. The number of likely N-dealkylation sites (N-methyl/N-ethyl adjacent to an activating group) is 1. The maximum Gasteiger partial charge on any atom is 0.0611 e. The number of hydrogen-bond donors (Lipinski definition) is 0. The summed E-state index contributed by atoms with van der Waals surface area (Å²) in [4.78, 5) is 5.11. The van der Waals surface area contributed by atoms with Crippen LogP contribution < -0.4 is 0 Å². The average Bonchev–Trinajstić information content (AvgIpc) is 2.83. The monoisotopic (exact) mass is 296 g/mol. The number of benzene rings is 1. The molecule has 3 rings (SSSR count). The first-order chi connectivity index (χ1) is 10.8. The largest absolute Gasteiger partial charge is 0.304 e. The van der Waals surface area contributed by atoms with Gasteiger partial charge in [0.15, 0.2) is 0 Å². The predicted molar refractivity (Wildman–Crippen MR) is 94.9 cm³/mol. The summed E-state index contributed by atoms with van der Waals surface area (Å²) < 4.78 is 0. The fraction of sp³-hybridized carbons (Fsp3) is 0.500. The van der Waals surface area contributed by atoms with E-state index < -0.39 is 0 Å². The molecule has 0 N–H and O–H groups in total. The molecule has 2 heteroatoms. The number of piperazine rings is 1. The van der Waals surface area contributed by atoms with Crippen molar-refractivity contribution in [3.63, 3.8) is 0 Å². The Morgan fingerprint density at radius 3 is 2.36 bits per heavy atom. The van der Waals surface area contributed by atoms with Crippen LogP contribution >= 0.6 is 0 Å². The lowest BCUT2D eigenvalue weighted by molar-refractivity contribution is 0.129. The molecule has 0 radical (unpaired) electrons. The van der Waals surface area contributed by atoms with E-state index in [0.29, 0.717) is 6.04 Å². The highest BCUT2D eigenvalue weighted by molar-refractivity contribution is 5.87. The molecule has 0 amide bonds. The van der Waals surface area contributed by atoms with Crippen LogP contribution in [0.5, 0.6) is 0 Å². The van der Waals surface area contributed by atoms with Gasteiger partial charge in [-0.1, -0.05) is 50.3 Å². The van der Waals surface area contributed by atoms with Crippen molar-refractivity contribution in [2.24, 2.45) is 0 Å². The zero-order valence-corrected chi connectivity index (χ0v) is 14.2. The molecule has 2 aliphatic rings. The summed E-state index contributed by atoms with van der Waals surface area (Å²) in [6.07, 6.45) is 7.07. The molecular weight excluding hydrogens is 268 g/mol. The van der Waals surface area contributed by atoms with Crippen molar-refractivity contribution >= 4 is 5.57 Å². The van der Waals surface area contributed by atoms with E-state index in [1.165, 1.54) is 35.4 Å². The Labute approximate surface area is 135 Å². The second kappa shape index (κ2) is 6.80. The molecule has 1 heterocycles. The van der Waals surface area contributed by atoms with Crippen molar-refractivity contribution in [2.75, 3.05) is 33.2 Å². The van der Waals surface area contributed by atoms with Crippen LogP contribution in [0.1, 0.15) is 43.9 Å². The summed E-state index contributed by atoms with van der Waals surface area (Å²) in [5.41, 5.74) is 5.97. The topological polar surface area (TPSA) is 6.48 Å². The summed E-state index contributed by atoms with van der Waals surface area (Å²) >= 11 is 0. The first kappa shape index (κ1) is 15.5. The van der Waals surface area contributed by atoms with E-state index in [1.807, 2.05) is 0 Å². The first-order valence-corrected chi connectivity index (χ1v) is 8.68. The standard InChI is InChI=1S/C20H28N2/c1-4-8-16-17-10-6-7-11-19(17)20(18(16)9-5-2)22-14-12-21(3)13-15-22/h6-11,20H,4-5,12-15H2,1-3H3/b16-8-,18-9+. The minimum atomic E-state index is 0.461. The number of fused-ring (bicyclic) bond motifs is 1. The van der Waals surface area contributed by atoms with Gasteiger partial charge in [0.05, 0.1) is 6.04 Å². The molecule has 1 fully saturated rings. The van der Waals surface area contributed by atoms with Gasteiger partial charge in [0.25, 0.3) is 0 Å². The van der Waals surface area contributed by atoms with Crippen molar-refractivity contribution in [3.8, 4) is 0 Å². The van der Waals surface area contributed by atoms with Crippen LogP contribution in [0.2, 0.25) is 0 Å². The normalized spacial score (nSPS) is 26.8. The highest BCUT2D eigenvalue weighted by Gasteiger charge is 2.35. The van der Waals surface area contributed by atoms with Gasteiger partial charge in [0.1, 0.15) is 0 Å². The van der Waals surface area contributed by atoms with Crippen molar-refractivity contribution in [3.05, 3.63) is 53.1 Å². The lowest BCUT2D eigenvalue weighted by Crippen LogP contribution is -2.45. The zero-order valence-electron chi connectivity index (χ0n) is 14.2. The first-order valence-electron chi connectivity index (χ1n) is 8.68. The quantitative estimate of drug-likeness (QED) is 0.828. The van der Waals surface area contributed by atoms with Crippen LogP contribution in [0.4, 0.5) is 0 Å². The van der Waals surface area contributed by atoms with Gasteiger partial charge in [0.2, 0.25) is 0 Å². The van der Waals surface area contributed by atoms with E-state index in [9.17, 15) is 0 Å². The van der Waals surface area contributed by atoms with Crippen molar-refractivity contribution < 1.29 is 0 Å². The molecule has 22 heavy (non-hydrogen) atoms. The predicted octanol–water partition coefficient (Wildman–Crippen LogP) is 4.12. The van der Waals surface area contributed by atoms with Crippen LogP contribution in [0.25, 0.3) is 5.57 Å². The summed E-state index contributed by atoms with van der Waals surface area (Å²) in [5.74, 6) is 0. The molecule has 1 aliphatic heterocycles. The van der Waals surface area contributed by atoms with Crippen LogP contribution in [-0.2, 0) is 0 Å². The summed E-state index contributed by atoms with van der Waals surface area (Å²) in [7, 11) is 2.23. The molecular formula is C20H28N2. The van der Waals surface area contributed by atoms with Gasteiger partial charge < -0.3 is 4.90 Å². The van der Waals surface area contributed by atoms with Gasteiger partial charge in [-0.15, -0.1) is 0 Å². The third-order valence-electron chi connectivity index (χ3n) is 4.89. The molecule has 0 aromatic heterocycles. The Kier molecular flexibility index (Phi) is 4.80. The SMILES string of the molecule is CC/C=C1\C(=C/CC)C(N2CCN(C)CC2)c2ccccc21. The Morgan fingerprint density at radius 1 is 1.00 bits per heavy atom. The third kappa shape index (κ3) is 2.78. The molecule has 0 spiro atoms. The fourth-order valence-corrected chi connectivity index (χ4v) is 3.80. The minimum Gasteiger partial charge on any atom is -0.304 e. The summed E-state index contributed by atoms with van der Waals surface area (Å²) in [5, 5.41) is 0. The maximum absolute atomic E-state index is 2.68. The van der Waals surface area contributed by atoms with Crippen molar-refractivity contribution in [1.29, 1.82) is 0 Å². The molecule has 1 unspecified atom stereocenters. The molecule has 118 valence electrons. The van der Waals surface area contributed by atoms with Gasteiger partial charge in [-0.2, -0.15) is 0 Å². The molecule has 0 bridgehead atoms. The van der Waals surface area contributed by atoms with E-state index >= 15 is 0 Å². The van der Waals surface area contributed by atoms with Crippen molar-refractivity contribution in [1.82, 2.24) is 9.80 Å². The molecule has 0 saturated carbocycles. The van der Waals surface area contributed by atoms with Gasteiger partial charge >= 0.3 is 0 Å². The van der Waals surface area contributed by atoms with Crippen LogP contribution in [0, 0.1) is 0 Å². The van der Waals surface area contributed by atoms with E-state index in [2.05, 4.69) is 67.1 Å². The second-order valence-corrected chi connectivity index (χ2v) is 6.42. The summed E-state index contributed by atoms with van der Waals surface area (Å²) in [6, 6.07) is 9.47. The summed E-state index contributed by atoms with van der Waals surface area (Å²) in [6.45, 7) is 9.16. The fourth-order valence-electron chi connectivity index (χ4n) is 3.80. The number of nitrogens with zero attached hydrogens (tertiary/aromatic N) is 2. The molecule has 1 saturated heterocycles. The molecule has 1 atom stereocenters. The van der Waals surface area contributed by atoms with Gasteiger partial charge in [-0.3, -0.25) is 4.90 Å². The Morgan fingerprint density at radius 2 is 1.68 bits per heavy atom. The van der Waals surface area contributed by atoms with Crippen molar-refractivity contribution in [2.45, 2.75) is 32.7 Å². The number of allylic oxidation sites excluding steroid dienone is 2. The third-order valence-corrected chi connectivity index (χ3v) is 4.89. The molecule has 1 aromatic carbocycles. The maximum atomic E-state index is 2.68. The minimum absolute atomic E-state index is 0.461. The van der Waals surface area contributed by atoms with Crippen LogP contribution in [0.3, 0.4) is 0 Å². The average molecular weight is 296 g/mol. The zero-order chi connectivity index (χ0) is 15.5. The Bertz CT molecular complexity index is 577.